The predicted octanol–water partition coefficient (Wildman–Crippen LogP) is 2.92. The van der Waals surface area contributed by atoms with Crippen molar-refractivity contribution in [2.24, 2.45) is 5.92 Å². The van der Waals surface area contributed by atoms with Crippen molar-refractivity contribution in [2.45, 2.75) is 44.3 Å². The monoisotopic (exact) mass is 401 g/mol. The molecule has 2 fully saturated rings. The lowest BCUT2D eigenvalue weighted by atomic mass is 10.1. The molecular weight excluding hydrogens is 386 g/mol. The molecule has 0 spiro atoms. The van der Waals surface area contributed by atoms with Gasteiger partial charge in [0.15, 0.2) is 5.79 Å². The van der Waals surface area contributed by atoms with Gasteiger partial charge in [0.2, 0.25) is 0 Å². The summed E-state index contributed by atoms with van der Waals surface area (Å²) >= 11 is 9.74. The Bertz CT molecular complexity index is 766. The van der Waals surface area contributed by atoms with Crippen molar-refractivity contribution in [3.8, 4) is 0 Å². The first-order valence-corrected chi connectivity index (χ1v) is 8.71. The lowest BCUT2D eigenvalue weighted by molar-refractivity contribution is -0.161. The fourth-order valence-electron chi connectivity index (χ4n) is 3.77. The van der Waals surface area contributed by atoms with Crippen molar-refractivity contribution >= 4 is 38.6 Å². The maximum absolute atomic E-state index is 9.71. The van der Waals surface area contributed by atoms with E-state index in [1.165, 1.54) is 6.33 Å². The SMILES string of the molecule is CC1(C)O[C@@H]2[C@@H](CO)C[C@@H](n3cc(Br)c4c(Cl)ncnc43)[C@@H]2O1. The molecule has 0 bridgehead atoms. The molecule has 2 aliphatic rings. The molecule has 6 nitrogen and oxygen atoms in total. The molecule has 4 rings (SSSR count). The van der Waals surface area contributed by atoms with Gasteiger partial charge in [-0.3, -0.25) is 0 Å². The summed E-state index contributed by atoms with van der Waals surface area (Å²) in [6, 6.07) is 0.0266. The molecule has 0 amide bonds. The summed E-state index contributed by atoms with van der Waals surface area (Å²) in [7, 11) is 0. The Labute approximate surface area is 146 Å². The Morgan fingerprint density at radius 1 is 1.39 bits per heavy atom. The number of aliphatic hydroxyl groups is 1. The van der Waals surface area contributed by atoms with Gasteiger partial charge in [0, 0.05) is 23.2 Å². The topological polar surface area (TPSA) is 69.4 Å². The number of fused-ring (bicyclic) bond motifs is 2. The first-order valence-electron chi connectivity index (χ1n) is 7.54. The van der Waals surface area contributed by atoms with E-state index in [4.69, 9.17) is 21.1 Å². The first kappa shape index (κ1) is 15.8. The zero-order valence-corrected chi connectivity index (χ0v) is 15.1. The number of halogens is 2. The van der Waals surface area contributed by atoms with E-state index in [1.807, 2.05) is 20.0 Å². The summed E-state index contributed by atoms with van der Waals surface area (Å²) in [6.45, 7) is 3.88. The van der Waals surface area contributed by atoms with Gasteiger partial charge in [-0.1, -0.05) is 11.6 Å². The standard InChI is InChI=1S/C15H17BrClN3O3/c1-15(2)22-11-7(5-21)3-9(12(11)23-15)20-4-8(16)10-13(17)18-6-19-14(10)20/h4,6-7,9,11-12,21H,3,5H2,1-2H3/t7-,9-,11-,12+/m1/s1. The first-order chi connectivity index (χ1) is 10.9. The fraction of sp³-hybridized carbons (Fsp3) is 0.600. The smallest absolute Gasteiger partial charge is 0.163 e. The van der Waals surface area contributed by atoms with Gasteiger partial charge in [-0.25, -0.2) is 9.97 Å². The van der Waals surface area contributed by atoms with E-state index in [1.54, 1.807) is 0 Å². The number of aliphatic hydroxyl groups excluding tert-OH is 1. The summed E-state index contributed by atoms with van der Waals surface area (Å²) < 4.78 is 15.0. The molecule has 124 valence electrons. The molecule has 23 heavy (non-hydrogen) atoms. The quantitative estimate of drug-likeness (QED) is 0.782. The zero-order chi connectivity index (χ0) is 16.4. The van der Waals surface area contributed by atoms with E-state index in [-0.39, 0.29) is 30.8 Å². The summed E-state index contributed by atoms with van der Waals surface area (Å²) in [5.74, 6) is -0.603. The van der Waals surface area contributed by atoms with Crippen LogP contribution in [0.3, 0.4) is 0 Å². The van der Waals surface area contributed by atoms with Crippen LogP contribution in [0.15, 0.2) is 17.0 Å². The third-order valence-corrected chi connectivity index (χ3v) is 5.55. The maximum Gasteiger partial charge on any atom is 0.163 e. The molecule has 1 saturated carbocycles. The Kier molecular flexibility index (Phi) is 3.70. The minimum Gasteiger partial charge on any atom is -0.396 e. The van der Waals surface area contributed by atoms with Crippen LogP contribution in [0.2, 0.25) is 5.15 Å². The molecule has 0 radical (unpaired) electrons. The average Bonchev–Trinajstić information content (AvgIpc) is 3.08. The Morgan fingerprint density at radius 3 is 2.87 bits per heavy atom. The molecule has 1 N–H and O–H groups in total. The van der Waals surface area contributed by atoms with Gasteiger partial charge in [-0.2, -0.15) is 0 Å². The lowest BCUT2D eigenvalue weighted by Crippen LogP contribution is -2.27. The molecular formula is C15H17BrClN3O3. The fourth-order valence-corrected chi connectivity index (χ4v) is 4.70. The Morgan fingerprint density at radius 2 is 2.13 bits per heavy atom. The van der Waals surface area contributed by atoms with Crippen LogP contribution in [0.25, 0.3) is 11.0 Å². The van der Waals surface area contributed by atoms with Crippen LogP contribution in [0, 0.1) is 5.92 Å². The van der Waals surface area contributed by atoms with Crippen LogP contribution >= 0.6 is 27.5 Å². The number of ether oxygens (including phenoxy) is 2. The molecule has 3 heterocycles. The van der Waals surface area contributed by atoms with Crippen molar-refractivity contribution in [3.63, 3.8) is 0 Å². The number of rotatable bonds is 2. The molecule has 4 atom stereocenters. The number of nitrogens with zero attached hydrogens (tertiary/aromatic N) is 3. The highest BCUT2D eigenvalue weighted by molar-refractivity contribution is 9.10. The normalized spacial score (nSPS) is 32.6. The van der Waals surface area contributed by atoms with Crippen molar-refractivity contribution in [1.82, 2.24) is 14.5 Å². The summed E-state index contributed by atoms with van der Waals surface area (Å²) in [4.78, 5) is 8.43. The van der Waals surface area contributed by atoms with Gasteiger partial charge in [0.1, 0.15) is 23.2 Å². The highest BCUT2D eigenvalue weighted by Crippen LogP contribution is 2.48. The number of hydrogen-bond acceptors (Lipinski definition) is 5. The van der Waals surface area contributed by atoms with Gasteiger partial charge in [-0.05, 0) is 36.2 Å². The van der Waals surface area contributed by atoms with Gasteiger partial charge in [0.05, 0.1) is 17.5 Å². The van der Waals surface area contributed by atoms with E-state index >= 15 is 0 Å². The van der Waals surface area contributed by atoms with E-state index in [0.717, 1.165) is 21.9 Å². The van der Waals surface area contributed by atoms with Gasteiger partial charge in [0.25, 0.3) is 0 Å². The van der Waals surface area contributed by atoms with Crippen molar-refractivity contribution in [1.29, 1.82) is 0 Å². The van der Waals surface area contributed by atoms with Crippen LogP contribution in [-0.4, -0.2) is 44.2 Å². The number of aromatic nitrogens is 3. The highest BCUT2D eigenvalue weighted by Gasteiger charge is 2.54. The Hall–Kier alpha value is -0.730. The molecule has 0 aromatic carbocycles. The zero-order valence-electron chi connectivity index (χ0n) is 12.7. The second-order valence-electron chi connectivity index (χ2n) is 6.56. The maximum atomic E-state index is 9.71. The molecule has 2 aromatic heterocycles. The second-order valence-corrected chi connectivity index (χ2v) is 7.77. The van der Waals surface area contributed by atoms with Crippen LogP contribution in [-0.2, 0) is 9.47 Å². The van der Waals surface area contributed by atoms with Gasteiger partial charge < -0.3 is 19.1 Å². The third-order valence-electron chi connectivity index (χ3n) is 4.66. The van der Waals surface area contributed by atoms with E-state index < -0.39 is 5.79 Å². The number of hydrogen-bond donors (Lipinski definition) is 1. The van der Waals surface area contributed by atoms with Crippen LogP contribution in [0.4, 0.5) is 0 Å². The third kappa shape index (κ3) is 2.41. The van der Waals surface area contributed by atoms with Crippen molar-refractivity contribution in [3.05, 3.63) is 22.1 Å². The molecule has 0 unspecified atom stereocenters. The predicted molar refractivity (Wildman–Crippen MR) is 88.3 cm³/mol. The molecule has 1 saturated heterocycles. The van der Waals surface area contributed by atoms with E-state index in [2.05, 4.69) is 30.5 Å². The van der Waals surface area contributed by atoms with E-state index in [9.17, 15) is 5.11 Å². The largest absolute Gasteiger partial charge is 0.396 e. The molecule has 8 heteroatoms. The lowest BCUT2D eigenvalue weighted by Gasteiger charge is -2.24. The average molecular weight is 403 g/mol. The van der Waals surface area contributed by atoms with Crippen LogP contribution in [0.1, 0.15) is 26.3 Å². The Balaban J connectivity index is 1.81. The summed E-state index contributed by atoms with van der Waals surface area (Å²) in [6.07, 6.45) is 3.94. The summed E-state index contributed by atoms with van der Waals surface area (Å²) in [5, 5.41) is 10.9. The van der Waals surface area contributed by atoms with E-state index in [0.29, 0.717) is 5.15 Å². The summed E-state index contributed by atoms with van der Waals surface area (Å²) in [5.41, 5.74) is 0.757. The second kappa shape index (κ2) is 5.39. The minimum atomic E-state index is -0.645. The van der Waals surface area contributed by atoms with Gasteiger partial charge >= 0.3 is 0 Å². The molecule has 2 aromatic rings. The van der Waals surface area contributed by atoms with Crippen LogP contribution in [0.5, 0.6) is 0 Å². The van der Waals surface area contributed by atoms with Crippen molar-refractivity contribution < 1.29 is 14.6 Å². The van der Waals surface area contributed by atoms with Crippen LogP contribution < -0.4 is 0 Å². The molecule has 1 aliphatic carbocycles. The molecule has 1 aliphatic heterocycles. The van der Waals surface area contributed by atoms with Gasteiger partial charge in [-0.15, -0.1) is 0 Å². The minimum absolute atomic E-state index is 0.0266. The highest BCUT2D eigenvalue weighted by atomic mass is 79.9. The van der Waals surface area contributed by atoms with Crippen molar-refractivity contribution in [2.75, 3.05) is 6.61 Å².